The first-order chi connectivity index (χ1) is 58.3. The molecule has 28 nitrogen and oxygen atoms in total. The Labute approximate surface area is 760 Å². The lowest BCUT2D eigenvalue weighted by Gasteiger charge is -2.24. The zero-order valence-corrected chi connectivity index (χ0v) is 83.7. The highest BCUT2D eigenvalue weighted by Crippen LogP contribution is 2.31. The van der Waals surface area contributed by atoms with E-state index >= 15 is 0 Å². The molecule has 0 bridgehead atoms. The third kappa shape index (κ3) is 43.3. The predicted octanol–water partition coefficient (Wildman–Crippen LogP) is 17.8. The lowest BCUT2D eigenvalue weighted by Crippen LogP contribution is -2.44. The van der Waals surface area contributed by atoms with Crippen molar-refractivity contribution in [2.75, 3.05) is 35.9 Å². The molecule has 0 fully saturated rings. The fourth-order valence-electron chi connectivity index (χ4n) is 11.3. The van der Waals surface area contributed by atoms with Crippen LogP contribution in [0.2, 0.25) is 0 Å². The first-order valence-electron chi connectivity index (χ1n) is 42.0. The fraction of sp³-hybridized carbons (Fsp3) is 0.554. The third-order valence-corrected chi connectivity index (χ3v) is 31.2. The Balaban J connectivity index is 0.000000788. The number of aldehydes is 1. The van der Waals surface area contributed by atoms with E-state index in [-0.39, 0.29) is 88.9 Å². The molecule has 5 aromatic rings. The van der Waals surface area contributed by atoms with Crippen LogP contribution < -0.4 is 26.6 Å². The van der Waals surface area contributed by atoms with E-state index in [0.717, 1.165) is 26.7 Å². The lowest BCUT2D eigenvalue weighted by molar-refractivity contribution is 0.110. The van der Waals surface area contributed by atoms with Gasteiger partial charge in [-0.15, -0.1) is 6.42 Å². The predicted molar refractivity (Wildman–Crippen MR) is 506 cm³/mol. The van der Waals surface area contributed by atoms with Crippen molar-refractivity contribution in [3.63, 3.8) is 0 Å². The Morgan fingerprint density at radius 3 is 0.730 bits per heavy atom. The van der Waals surface area contributed by atoms with Crippen LogP contribution >= 0.6 is 15.9 Å². The molecule has 0 saturated heterocycles. The average molecular weight is 1920 g/mol. The quantitative estimate of drug-likeness (QED) is 0.00802. The zero-order valence-electron chi connectivity index (χ0n) is 78.0. The number of benzene rings is 5. The van der Waals surface area contributed by atoms with Crippen molar-refractivity contribution in [3.8, 4) is 12.3 Å². The molecule has 0 aliphatic carbocycles. The summed E-state index contributed by atoms with van der Waals surface area (Å²) in [6.45, 7) is 48.0. The minimum absolute atomic E-state index is 0.0309. The zero-order chi connectivity index (χ0) is 96.7. The van der Waals surface area contributed by atoms with E-state index in [1.54, 1.807) is 213 Å². The molecule has 5 aromatic carbocycles. The summed E-state index contributed by atoms with van der Waals surface area (Å²) in [5, 5.41) is 13.6. The molecule has 34 heteroatoms. The van der Waals surface area contributed by atoms with Gasteiger partial charge in [-0.25, -0.2) is 66.1 Å². The average Bonchev–Trinajstić information content (AvgIpc) is 0.851. The molecule has 0 spiro atoms. The number of hydrogen-bond acceptors (Lipinski definition) is 23. The van der Waals surface area contributed by atoms with Gasteiger partial charge < -0.3 is 55.1 Å². The van der Waals surface area contributed by atoms with Gasteiger partial charge in [0.05, 0.1) is 91.7 Å². The smallest absolute Gasteiger partial charge is 0.407 e. The number of nitrogens with one attached hydrogen (secondary N) is 5. The number of rotatable bonds is 39. The van der Waals surface area contributed by atoms with Crippen molar-refractivity contribution in [1.29, 1.82) is 0 Å². The summed E-state index contributed by atoms with van der Waals surface area (Å²) in [6.07, 6.45) is 4.96. The lowest BCUT2D eigenvalue weighted by atomic mass is 10.1. The van der Waals surface area contributed by atoms with Gasteiger partial charge in [-0.1, -0.05) is 206 Å². The molecule has 706 valence electrons. The molecule has 5 rings (SSSR count). The molecule has 5 amide bonds. The van der Waals surface area contributed by atoms with Crippen molar-refractivity contribution < 1.29 is 99.4 Å². The van der Waals surface area contributed by atoms with Crippen molar-refractivity contribution in [2.45, 2.75) is 260 Å². The molecular formula is C92H139BrN6O22S5. The van der Waals surface area contributed by atoms with E-state index in [1.165, 1.54) is 7.11 Å². The molecule has 5 N–H and O–H groups in total. The van der Waals surface area contributed by atoms with Gasteiger partial charge in [0.15, 0.2) is 49.2 Å². The van der Waals surface area contributed by atoms with Crippen molar-refractivity contribution in [2.24, 2.45) is 34.7 Å². The molecule has 0 heterocycles. The third-order valence-electron chi connectivity index (χ3n) is 19.8. The number of amides is 5. The summed E-state index contributed by atoms with van der Waals surface area (Å²) in [7, 11) is -15.9. The van der Waals surface area contributed by atoms with E-state index in [2.05, 4.69) is 65.0 Å². The molecule has 126 heavy (non-hydrogen) atoms. The normalized spacial score (nSPS) is 14.3. The van der Waals surface area contributed by atoms with Crippen LogP contribution in [-0.2, 0) is 77.7 Å². The SMILES string of the molecule is C#Cc1ccc([C@H](C)S(=O)(=O)C[C@@H](NC(=O)OC(C)C)C(C)C)cc1.C=Cc1ccc([C@H](C)S(=O)(=O)C[C@@H](NC(=O)OC(C)C)C(C)C)cc1.CC(C)OC(=O)N[C@H](CS(=O)(=O)[C@@H](C)c1ccc(Br)cc1)C(C)C.CC(C)OC(=O)N[C@H](CS(=O)(=O)[C@@H](C)c1ccc(C=O)cc1)C(C)C.CO/N=C/c1ccc([C@H](C)S(=O)(=O)C[C@@H](NC(=O)OC(C)C)C(C)C)cc1. The van der Waals surface area contributed by atoms with Gasteiger partial charge in [0.1, 0.15) is 13.4 Å². The first kappa shape index (κ1) is 115. The molecule has 10 atom stereocenters. The number of ether oxygens (including phenoxy) is 5. The molecule has 0 unspecified atom stereocenters. The summed E-state index contributed by atoms with van der Waals surface area (Å²) in [5.41, 5.74) is 6.34. The van der Waals surface area contributed by atoms with Crippen molar-refractivity contribution in [3.05, 3.63) is 182 Å². The van der Waals surface area contributed by atoms with E-state index in [1.807, 2.05) is 93.5 Å². The molecule has 0 aliphatic rings. The maximum Gasteiger partial charge on any atom is 0.407 e. The molecule has 0 aromatic heterocycles. The Hall–Kier alpha value is -8.88. The van der Waals surface area contributed by atoms with Gasteiger partial charge in [0.25, 0.3) is 0 Å². The monoisotopic (exact) mass is 1920 g/mol. The Morgan fingerprint density at radius 1 is 0.349 bits per heavy atom. The van der Waals surface area contributed by atoms with E-state index < -0.39 is 136 Å². The van der Waals surface area contributed by atoms with Crippen LogP contribution in [0.15, 0.2) is 138 Å². The summed E-state index contributed by atoms with van der Waals surface area (Å²) >= 11 is 3.34. The van der Waals surface area contributed by atoms with Gasteiger partial charge >= 0.3 is 30.5 Å². The van der Waals surface area contributed by atoms with E-state index in [4.69, 9.17) is 30.1 Å². The Morgan fingerprint density at radius 2 is 0.548 bits per heavy atom. The molecule has 0 aliphatic heterocycles. The number of carbonyl (C=O) groups excluding carboxylic acids is 6. The number of terminal acetylenes is 1. The van der Waals surface area contributed by atoms with Crippen molar-refractivity contribution >= 4 is 114 Å². The number of nitrogens with zero attached hydrogens (tertiary/aromatic N) is 1. The Bertz CT molecular complexity index is 4750. The van der Waals surface area contributed by atoms with Gasteiger partial charge in [0.2, 0.25) is 0 Å². The maximum absolute atomic E-state index is 12.9. The van der Waals surface area contributed by atoms with Crippen LogP contribution in [0.5, 0.6) is 0 Å². The number of hydrogen-bond donors (Lipinski definition) is 5. The van der Waals surface area contributed by atoms with Crippen LogP contribution in [0.4, 0.5) is 24.0 Å². The first-order valence-corrected chi connectivity index (χ1v) is 51.4. The highest BCUT2D eigenvalue weighted by molar-refractivity contribution is 9.10. The van der Waals surface area contributed by atoms with Crippen LogP contribution in [-0.4, -0.2) is 182 Å². The van der Waals surface area contributed by atoms with Crippen LogP contribution in [0.3, 0.4) is 0 Å². The minimum Gasteiger partial charge on any atom is -0.447 e. The number of sulfone groups is 5. The van der Waals surface area contributed by atoms with Crippen LogP contribution in [0, 0.1) is 41.9 Å². The van der Waals surface area contributed by atoms with Gasteiger partial charge in [-0.05, 0) is 197 Å². The van der Waals surface area contributed by atoms with Gasteiger partial charge in [0, 0.05) is 45.8 Å². The summed E-state index contributed by atoms with van der Waals surface area (Å²) in [5.74, 6) is 1.49. The minimum atomic E-state index is -3.51. The molecule has 0 saturated carbocycles. The molecular weight excluding hydrogens is 1780 g/mol. The number of alkyl carbamates (subject to hydrolysis) is 5. The topological polar surface area (TPSA) is 401 Å². The van der Waals surface area contributed by atoms with Crippen molar-refractivity contribution in [1.82, 2.24) is 26.6 Å². The second kappa shape index (κ2) is 55.1. The number of halogens is 1. The largest absolute Gasteiger partial charge is 0.447 e. The number of carbonyl (C=O) groups is 6. The maximum atomic E-state index is 12.9. The summed E-state index contributed by atoms with van der Waals surface area (Å²) in [4.78, 5) is 74.5. The van der Waals surface area contributed by atoms with Crippen LogP contribution in [0.25, 0.3) is 6.08 Å². The highest BCUT2D eigenvalue weighted by atomic mass is 79.9. The summed E-state index contributed by atoms with van der Waals surface area (Å²) < 4.78 is 154. The number of oxime groups is 1. The van der Waals surface area contributed by atoms with Gasteiger partial charge in [-0.2, -0.15) is 0 Å². The summed E-state index contributed by atoms with van der Waals surface area (Å²) in [6, 6.07) is 32.3. The highest BCUT2D eigenvalue weighted by Gasteiger charge is 2.36. The second-order valence-corrected chi connectivity index (χ2v) is 46.4. The van der Waals surface area contributed by atoms with E-state index in [9.17, 15) is 70.9 Å². The molecule has 0 radical (unpaired) electrons. The van der Waals surface area contributed by atoms with Crippen LogP contribution in [0.1, 0.15) is 254 Å². The van der Waals surface area contributed by atoms with E-state index in [0.29, 0.717) is 34.1 Å². The Kier molecular flexibility index (Phi) is 50.3. The fourth-order valence-corrected chi connectivity index (χ4v) is 20.7. The van der Waals surface area contributed by atoms with Gasteiger partial charge in [-0.3, -0.25) is 4.79 Å². The standard InChI is InChI=1S/C19H30N2O5S.C19H29NO4S.C19H27NO4S.C18H27NO5S.C17H26BrNO4S/c1-13(2)18(21-19(22)26-14(3)4)12-27(23,24)15(5)17-9-7-16(8-10-17)11-20-25-6;2*1-7-16-8-10-17(11-9-16)15(6)25(22,23)12-18(13(2)3)20-19(21)24-14(4)5;1-12(2)17(19-18(21)24-13(3)4)11-25(22,23)14(5)16-8-6-15(10-20)7-9-16;1-11(2)16(19-17(20)23-12(3)4)10-24(21,22)13(5)14-6-8-15(18)9-7-14/h7-11,13-15,18H,12H2,1-6H3,(H,21,22);7-11,13-15,18H,1,12H2,2-6H3,(H,20,21);1,8-11,13-15,18H,12H2,2-6H3,(H,20,21);6-10,12-14,17H,11H2,1-5H3,(H,19,21);6-9,11-13,16H,10H2,1-5H3,(H,19,20)/b20-11+;;;;/t3*15-,18+;14-,17+;13-,16+/m00000/s1. The second-order valence-electron chi connectivity index (χ2n) is 33.7.